The smallest absolute Gasteiger partial charge is 0.272 e. The molecule has 1 unspecified atom stereocenters. The third kappa shape index (κ3) is 4.35. The highest BCUT2D eigenvalue weighted by Gasteiger charge is 2.30. The number of aliphatic hydroxyl groups excluding tert-OH is 1. The molecule has 0 aliphatic carbocycles. The first-order valence-electron chi connectivity index (χ1n) is 10.3. The summed E-state index contributed by atoms with van der Waals surface area (Å²) in [6, 6.07) is 11.9. The van der Waals surface area contributed by atoms with Crippen LogP contribution in [0.15, 0.2) is 47.3 Å². The zero-order valence-corrected chi connectivity index (χ0v) is 17.3. The molecule has 31 heavy (non-hydrogen) atoms. The van der Waals surface area contributed by atoms with Crippen molar-refractivity contribution in [3.63, 3.8) is 0 Å². The van der Waals surface area contributed by atoms with Crippen LogP contribution in [0.1, 0.15) is 28.0 Å². The molecule has 1 aliphatic rings. The number of rotatable bonds is 6. The van der Waals surface area contributed by atoms with Gasteiger partial charge in [-0.15, -0.1) is 0 Å². The van der Waals surface area contributed by atoms with Crippen LogP contribution in [0.5, 0.6) is 0 Å². The van der Waals surface area contributed by atoms with Crippen LogP contribution in [0.2, 0.25) is 0 Å². The largest absolute Gasteiger partial charge is 0.395 e. The van der Waals surface area contributed by atoms with Crippen LogP contribution in [0, 0.1) is 5.82 Å². The zero-order valence-electron chi connectivity index (χ0n) is 17.3. The van der Waals surface area contributed by atoms with Crippen molar-refractivity contribution in [2.75, 3.05) is 33.3 Å². The molecule has 2 N–H and O–H groups in total. The minimum Gasteiger partial charge on any atom is -0.395 e. The molecule has 1 fully saturated rings. The van der Waals surface area contributed by atoms with Crippen LogP contribution in [0.3, 0.4) is 0 Å². The van der Waals surface area contributed by atoms with E-state index in [0.29, 0.717) is 37.1 Å². The number of nitrogens with one attached hydrogen (secondary N) is 1. The standard InChI is InChI=1S/C23H25FN4O3/c1-27(10-11-29)16-8-9-28(14-16)23(31)19-12-15(6-7-20(19)24)13-21-17-4-2-3-5-18(17)22(30)26-25-21/h2-7,12,16,29H,8-11,13-14H2,1H3,(H,26,30). The van der Waals surface area contributed by atoms with E-state index >= 15 is 0 Å². The maximum absolute atomic E-state index is 14.5. The van der Waals surface area contributed by atoms with E-state index in [0.717, 1.165) is 17.4 Å². The number of H-pyrrole nitrogens is 1. The van der Waals surface area contributed by atoms with Crippen molar-refractivity contribution in [3.05, 3.63) is 75.5 Å². The average molecular weight is 424 g/mol. The lowest BCUT2D eigenvalue weighted by atomic mass is 10.0. The van der Waals surface area contributed by atoms with Gasteiger partial charge in [0.2, 0.25) is 0 Å². The third-order valence-electron chi connectivity index (χ3n) is 5.93. The van der Waals surface area contributed by atoms with Crippen molar-refractivity contribution in [1.29, 1.82) is 0 Å². The van der Waals surface area contributed by atoms with Gasteiger partial charge in [0.25, 0.3) is 11.5 Å². The molecule has 1 saturated heterocycles. The van der Waals surface area contributed by atoms with Crippen molar-refractivity contribution in [2.24, 2.45) is 0 Å². The lowest BCUT2D eigenvalue weighted by molar-refractivity contribution is 0.0773. The second-order valence-electron chi connectivity index (χ2n) is 7.93. The van der Waals surface area contributed by atoms with E-state index in [2.05, 4.69) is 10.2 Å². The Hall–Kier alpha value is -3.10. The number of aromatic nitrogens is 2. The summed E-state index contributed by atoms with van der Waals surface area (Å²) in [4.78, 5) is 28.7. The summed E-state index contributed by atoms with van der Waals surface area (Å²) in [5, 5.41) is 17.1. The molecule has 8 heteroatoms. The molecule has 1 aromatic heterocycles. The molecule has 0 radical (unpaired) electrons. The molecule has 3 aromatic rings. The Morgan fingerprint density at radius 3 is 2.84 bits per heavy atom. The van der Waals surface area contributed by atoms with E-state index in [1.54, 1.807) is 29.2 Å². The number of carbonyl (C=O) groups excluding carboxylic acids is 1. The highest BCUT2D eigenvalue weighted by Crippen LogP contribution is 2.22. The number of aliphatic hydroxyl groups is 1. The van der Waals surface area contributed by atoms with Gasteiger partial charge < -0.3 is 10.0 Å². The van der Waals surface area contributed by atoms with Gasteiger partial charge in [-0.05, 0) is 37.2 Å². The Balaban J connectivity index is 1.57. The van der Waals surface area contributed by atoms with Crippen LogP contribution in [-0.4, -0.2) is 70.3 Å². The third-order valence-corrected chi connectivity index (χ3v) is 5.93. The van der Waals surface area contributed by atoms with Gasteiger partial charge in [-0.25, -0.2) is 9.49 Å². The maximum Gasteiger partial charge on any atom is 0.272 e. The summed E-state index contributed by atoms with van der Waals surface area (Å²) in [6.07, 6.45) is 1.15. The first-order valence-corrected chi connectivity index (χ1v) is 10.3. The Bertz CT molecular complexity index is 1160. The number of nitrogens with zero attached hydrogens (tertiary/aromatic N) is 3. The van der Waals surface area contributed by atoms with Crippen LogP contribution in [-0.2, 0) is 6.42 Å². The van der Waals surface area contributed by atoms with E-state index in [-0.39, 0.29) is 29.7 Å². The van der Waals surface area contributed by atoms with Crippen molar-refractivity contribution in [3.8, 4) is 0 Å². The predicted molar refractivity (Wildman–Crippen MR) is 116 cm³/mol. The summed E-state index contributed by atoms with van der Waals surface area (Å²) in [7, 11) is 1.91. The van der Waals surface area contributed by atoms with Gasteiger partial charge in [0.05, 0.1) is 23.3 Å². The number of halogens is 1. The van der Waals surface area contributed by atoms with Gasteiger partial charge in [0.15, 0.2) is 0 Å². The number of fused-ring (bicyclic) bond motifs is 1. The molecule has 1 amide bonds. The molecule has 4 rings (SSSR count). The molecular formula is C23H25FN4O3. The lowest BCUT2D eigenvalue weighted by Gasteiger charge is -2.24. The van der Waals surface area contributed by atoms with Crippen molar-refractivity contribution in [2.45, 2.75) is 18.9 Å². The van der Waals surface area contributed by atoms with Crippen molar-refractivity contribution in [1.82, 2.24) is 20.0 Å². The van der Waals surface area contributed by atoms with Crippen LogP contribution in [0.4, 0.5) is 4.39 Å². The number of aromatic amines is 1. The summed E-state index contributed by atoms with van der Waals surface area (Å²) in [5.74, 6) is -0.890. The fourth-order valence-corrected chi connectivity index (χ4v) is 4.14. The zero-order chi connectivity index (χ0) is 22.0. The van der Waals surface area contributed by atoms with Gasteiger partial charge in [0.1, 0.15) is 5.82 Å². The average Bonchev–Trinajstić information content (AvgIpc) is 3.27. The summed E-state index contributed by atoms with van der Waals surface area (Å²) in [6.45, 7) is 1.65. The first kappa shape index (κ1) is 21.1. The molecule has 1 atom stereocenters. The van der Waals surface area contributed by atoms with Gasteiger partial charge >= 0.3 is 0 Å². The van der Waals surface area contributed by atoms with Crippen molar-refractivity contribution < 1.29 is 14.3 Å². The highest BCUT2D eigenvalue weighted by molar-refractivity contribution is 5.95. The number of hydrogen-bond donors (Lipinski definition) is 2. The van der Waals surface area contributed by atoms with E-state index in [4.69, 9.17) is 5.11 Å². The normalized spacial score (nSPS) is 16.4. The molecule has 162 valence electrons. The number of benzene rings is 2. The molecule has 7 nitrogen and oxygen atoms in total. The van der Waals surface area contributed by atoms with E-state index in [1.807, 2.05) is 24.1 Å². The van der Waals surface area contributed by atoms with Crippen LogP contribution in [0.25, 0.3) is 10.8 Å². The molecule has 0 saturated carbocycles. The summed E-state index contributed by atoms with van der Waals surface area (Å²) < 4.78 is 14.5. The highest BCUT2D eigenvalue weighted by atomic mass is 19.1. The van der Waals surface area contributed by atoms with Gasteiger partial charge in [-0.3, -0.25) is 14.5 Å². The topological polar surface area (TPSA) is 89.5 Å². The fraction of sp³-hybridized carbons (Fsp3) is 0.348. The van der Waals surface area contributed by atoms with Crippen LogP contribution >= 0.6 is 0 Å². The minimum atomic E-state index is -0.555. The Kier molecular flexibility index (Phi) is 6.11. The Morgan fingerprint density at radius 2 is 2.06 bits per heavy atom. The number of hydrogen-bond acceptors (Lipinski definition) is 5. The summed E-state index contributed by atoms with van der Waals surface area (Å²) >= 11 is 0. The molecule has 2 aromatic carbocycles. The summed E-state index contributed by atoms with van der Waals surface area (Å²) in [5.41, 5.74) is 1.18. The van der Waals surface area contributed by atoms with Gasteiger partial charge in [-0.2, -0.15) is 5.10 Å². The number of amides is 1. The lowest BCUT2D eigenvalue weighted by Crippen LogP contribution is -2.38. The quantitative estimate of drug-likeness (QED) is 0.630. The van der Waals surface area contributed by atoms with Gasteiger partial charge in [0, 0.05) is 37.5 Å². The second-order valence-corrected chi connectivity index (χ2v) is 7.93. The number of likely N-dealkylation sites (N-methyl/N-ethyl adjacent to an activating group) is 1. The number of likely N-dealkylation sites (tertiary alicyclic amines) is 1. The Morgan fingerprint density at radius 1 is 1.29 bits per heavy atom. The van der Waals surface area contributed by atoms with E-state index in [1.165, 1.54) is 6.07 Å². The minimum absolute atomic E-state index is 0.0386. The number of carbonyl (C=O) groups is 1. The SMILES string of the molecule is CN(CCO)C1CCN(C(=O)c2cc(Cc3n[nH]c(=O)c4ccccc34)ccc2F)C1. The maximum atomic E-state index is 14.5. The fourth-order valence-electron chi connectivity index (χ4n) is 4.14. The molecule has 0 spiro atoms. The monoisotopic (exact) mass is 424 g/mol. The first-order chi connectivity index (χ1) is 15.0. The second kappa shape index (κ2) is 8.95. The van der Waals surface area contributed by atoms with Gasteiger partial charge in [-0.1, -0.05) is 24.3 Å². The molecule has 0 bridgehead atoms. The molecule has 2 heterocycles. The Labute approximate surface area is 179 Å². The predicted octanol–water partition coefficient (Wildman–Crippen LogP) is 1.79. The van der Waals surface area contributed by atoms with Crippen LogP contribution < -0.4 is 5.56 Å². The van der Waals surface area contributed by atoms with Crippen molar-refractivity contribution >= 4 is 16.7 Å². The van der Waals surface area contributed by atoms with E-state index < -0.39 is 5.82 Å². The molecular weight excluding hydrogens is 399 g/mol. The molecule has 1 aliphatic heterocycles. The van der Waals surface area contributed by atoms with E-state index in [9.17, 15) is 14.0 Å².